The molecule has 0 fully saturated rings. The van der Waals surface area contributed by atoms with Crippen LogP contribution in [0.15, 0.2) is 54.6 Å². The number of hydrogen-bond donors (Lipinski definition) is 3. The number of isocyanates is 2. The van der Waals surface area contributed by atoms with E-state index in [1.54, 1.807) is 0 Å². The highest BCUT2D eigenvalue weighted by atomic mass is 16.1. The van der Waals surface area contributed by atoms with Crippen molar-refractivity contribution >= 4 is 17.8 Å². The molecule has 0 atom stereocenters. The Kier molecular flexibility index (Phi) is 8.57. The van der Waals surface area contributed by atoms with Crippen molar-refractivity contribution in [1.29, 1.82) is 10.8 Å². The highest BCUT2D eigenvalue weighted by Crippen LogP contribution is 2.24. The molecule has 0 unspecified atom stereocenters. The average Bonchev–Trinajstić information content (AvgIpc) is 2.42. The highest BCUT2D eigenvalue weighted by Gasteiger charge is 1.98. The zero-order valence-electron chi connectivity index (χ0n) is 10.1. The quantitative estimate of drug-likeness (QED) is 0.414. The number of anilines is 1. The van der Waals surface area contributed by atoms with E-state index in [0.717, 1.165) is 23.4 Å². The van der Waals surface area contributed by atoms with Gasteiger partial charge in [-0.15, -0.1) is 0 Å². The molecule has 19 heavy (non-hydrogen) atoms. The van der Waals surface area contributed by atoms with E-state index < -0.39 is 0 Å². The fourth-order valence-corrected chi connectivity index (χ4v) is 1.38. The van der Waals surface area contributed by atoms with Crippen LogP contribution in [0.4, 0.5) is 5.69 Å². The number of para-hydroxylation sites is 1. The van der Waals surface area contributed by atoms with Crippen molar-refractivity contribution in [3.8, 4) is 11.1 Å². The number of benzene rings is 2. The average molecular weight is 255 g/mol. The van der Waals surface area contributed by atoms with Crippen LogP contribution in [0.25, 0.3) is 11.1 Å². The number of nitrogen functional groups attached to an aromatic ring is 1. The van der Waals surface area contributed by atoms with E-state index >= 15 is 0 Å². The molecule has 0 amide bonds. The van der Waals surface area contributed by atoms with Gasteiger partial charge in [0.05, 0.1) is 0 Å². The molecule has 0 saturated carbocycles. The molecule has 0 spiro atoms. The van der Waals surface area contributed by atoms with Gasteiger partial charge in [-0.25, -0.2) is 20.4 Å². The SMILES string of the molecule is N=C=O.N=C=O.Nc1ccccc1-c1ccccc1. The molecule has 0 aliphatic heterocycles. The summed E-state index contributed by atoms with van der Waals surface area (Å²) >= 11 is 0. The fourth-order valence-electron chi connectivity index (χ4n) is 1.38. The van der Waals surface area contributed by atoms with E-state index in [1.165, 1.54) is 5.56 Å². The van der Waals surface area contributed by atoms with Gasteiger partial charge in [-0.2, -0.15) is 0 Å². The summed E-state index contributed by atoms with van der Waals surface area (Å²) in [6, 6.07) is 18.1. The van der Waals surface area contributed by atoms with Crippen molar-refractivity contribution < 1.29 is 9.59 Å². The van der Waals surface area contributed by atoms with Gasteiger partial charge >= 0.3 is 0 Å². The topological polar surface area (TPSA) is 108 Å². The number of carbonyl (C=O) groups excluding carboxylic acids is 2. The Balaban J connectivity index is 0.000000465. The number of hydrogen-bond acceptors (Lipinski definition) is 5. The monoisotopic (exact) mass is 255 g/mol. The first-order chi connectivity index (χ1) is 9.21. The van der Waals surface area contributed by atoms with E-state index in [1.807, 2.05) is 42.5 Å². The predicted molar refractivity (Wildman–Crippen MR) is 73.1 cm³/mol. The normalized spacial score (nSPS) is 7.58. The van der Waals surface area contributed by atoms with Gasteiger partial charge in [0, 0.05) is 11.3 Å². The van der Waals surface area contributed by atoms with Crippen molar-refractivity contribution in [1.82, 2.24) is 0 Å². The van der Waals surface area contributed by atoms with E-state index in [0.29, 0.717) is 0 Å². The Hall–Kier alpha value is -3.00. The molecule has 5 nitrogen and oxygen atoms in total. The minimum absolute atomic E-state index is 0.750. The molecule has 0 bridgehead atoms. The first kappa shape index (κ1) is 16.0. The van der Waals surface area contributed by atoms with Crippen molar-refractivity contribution in [3.63, 3.8) is 0 Å². The Bertz CT molecular complexity index is 544. The molecule has 0 saturated heterocycles. The van der Waals surface area contributed by atoms with E-state index in [-0.39, 0.29) is 0 Å². The summed E-state index contributed by atoms with van der Waals surface area (Å²) in [7, 11) is 0. The van der Waals surface area contributed by atoms with E-state index in [9.17, 15) is 0 Å². The lowest BCUT2D eigenvalue weighted by molar-refractivity contribution is 0.562. The van der Waals surface area contributed by atoms with Gasteiger partial charge in [-0.3, -0.25) is 0 Å². The Morgan fingerprint density at radius 3 is 1.68 bits per heavy atom. The van der Waals surface area contributed by atoms with Gasteiger partial charge in [0.2, 0.25) is 12.2 Å². The van der Waals surface area contributed by atoms with Crippen LogP contribution in [0, 0.1) is 10.8 Å². The molecule has 0 radical (unpaired) electrons. The second-order valence-corrected chi connectivity index (χ2v) is 3.16. The molecule has 2 aromatic carbocycles. The van der Waals surface area contributed by atoms with Gasteiger partial charge in [0.15, 0.2) is 0 Å². The van der Waals surface area contributed by atoms with Crippen LogP contribution in [0.5, 0.6) is 0 Å². The lowest BCUT2D eigenvalue weighted by Gasteiger charge is -2.03. The van der Waals surface area contributed by atoms with Crippen LogP contribution >= 0.6 is 0 Å². The van der Waals surface area contributed by atoms with Crippen molar-refractivity contribution in [2.75, 3.05) is 5.73 Å². The highest BCUT2D eigenvalue weighted by molar-refractivity contribution is 5.75. The molecule has 0 aromatic heterocycles. The summed E-state index contributed by atoms with van der Waals surface area (Å²) in [5.41, 5.74) is 8.95. The van der Waals surface area contributed by atoms with Crippen LogP contribution in [-0.2, 0) is 9.59 Å². The third kappa shape index (κ3) is 6.34. The molecular weight excluding hydrogens is 242 g/mol. The van der Waals surface area contributed by atoms with Gasteiger partial charge in [-0.05, 0) is 11.6 Å². The lowest BCUT2D eigenvalue weighted by atomic mass is 10.0. The second kappa shape index (κ2) is 10.2. The molecule has 4 N–H and O–H groups in total. The van der Waals surface area contributed by atoms with Crippen LogP contribution in [0.3, 0.4) is 0 Å². The standard InChI is InChI=1S/C12H11N.2CHNO/c13-12-9-5-4-8-11(12)10-6-2-1-3-7-10;2*2-1-3/h1-9H,13H2;2*2H. The van der Waals surface area contributed by atoms with Crippen LogP contribution in [0.1, 0.15) is 0 Å². The fraction of sp³-hybridized carbons (Fsp3) is 0. The summed E-state index contributed by atoms with van der Waals surface area (Å²) < 4.78 is 0. The summed E-state index contributed by atoms with van der Waals surface area (Å²) in [6.07, 6.45) is 1.50. The maximum atomic E-state index is 8.35. The summed E-state index contributed by atoms with van der Waals surface area (Å²) in [6.45, 7) is 0. The summed E-state index contributed by atoms with van der Waals surface area (Å²) in [5.74, 6) is 0. The third-order valence-electron chi connectivity index (χ3n) is 2.05. The van der Waals surface area contributed by atoms with Gasteiger partial charge in [-0.1, -0.05) is 48.5 Å². The van der Waals surface area contributed by atoms with E-state index in [2.05, 4.69) is 12.1 Å². The van der Waals surface area contributed by atoms with E-state index in [4.69, 9.17) is 26.1 Å². The Labute approximate surface area is 110 Å². The van der Waals surface area contributed by atoms with Crippen LogP contribution < -0.4 is 5.73 Å². The maximum Gasteiger partial charge on any atom is 0.231 e. The minimum Gasteiger partial charge on any atom is -0.398 e. The Morgan fingerprint density at radius 2 is 1.21 bits per heavy atom. The first-order valence-corrected chi connectivity index (χ1v) is 5.18. The molecule has 2 aromatic rings. The third-order valence-corrected chi connectivity index (χ3v) is 2.05. The molecular formula is C14H13N3O2. The lowest BCUT2D eigenvalue weighted by Crippen LogP contribution is -1.88. The van der Waals surface area contributed by atoms with Crippen molar-refractivity contribution in [2.45, 2.75) is 0 Å². The zero-order valence-corrected chi connectivity index (χ0v) is 10.1. The van der Waals surface area contributed by atoms with Crippen LogP contribution in [0.2, 0.25) is 0 Å². The van der Waals surface area contributed by atoms with Crippen molar-refractivity contribution in [3.05, 3.63) is 54.6 Å². The predicted octanol–water partition coefficient (Wildman–Crippen LogP) is 2.74. The van der Waals surface area contributed by atoms with Crippen LogP contribution in [-0.4, -0.2) is 12.2 Å². The smallest absolute Gasteiger partial charge is 0.231 e. The largest absolute Gasteiger partial charge is 0.398 e. The van der Waals surface area contributed by atoms with Gasteiger partial charge in [0.1, 0.15) is 0 Å². The summed E-state index contributed by atoms with van der Waals surface area (Å²) in [5, 5.41) is 10.8. The molecule has 0 aliphatic carbocycles. The Morgan fingerprint density at radius 1 is 0.789 bits per heavy atom. The van der Waals surface area contributed by atoms with Crippen molar-refractivity contribution in [2.24, 2.45) is 0 Å². The molecule has 2 rings (SSSR count). The summed E-state index contributed by atoms with van der Waals surface area (Å²) in [4.78, 5) is 16.7. The maximum absolute atomic E-state index is 8.35. The number of nitrogens with one attached hydrogen (secondary N) is 2. The second-order valence-electron chi connectivity index (χ2n) is 3.16. The number of nitrogens with two attached hydrogens (primary N) is 1. The minimum atomic E-state index is 0.750. The molecule has 0 aliphatic rings. The number of rotatable bonds is 1. The first-order valence-electron chi connectivity index (χ1n) is 5.18. The van der Waals surface area contributed by atoms with Gasteiger partial charge in [0.25, 0.3) is 0 Å². The molecule has 0 heterocycles. The van der Waals surface area contributed by atoms with Gasteiger partial charge < -0.3 is 5.73 Å². The zero-order chi connectivity index (χ0) is 14.5. The molecule has 96 valence electrons. The molecule has 5 heteroatoms.